The molecule has 1 fully saturated rings. The number of ether oxygens (including phenoxy) is 2. The molecule has 1 aliphatic rings. The summed E-state index contributed by atoms with van der Waals surface area (Å²) in [5, 5.41) is 3.28. The molecule has 0 aliphatic carbocycles. The zero-order valence-electron chi connectivity index (χ0n) is 14.9. The number of pyridine rings is 1. The van der Waals surface area contributed by atoms with Crippen LogP contribution in [-0.4, -0.2) is 36.8 Å². The van der Waals surface area contributed by atoms with Gasteiger partial charge in [-0.3, -0.25) is 4.79 Å². The molecular formula is C18H27ClN2O3. The van der Waals surface area contributed by atoms with E-state index in [9.17, 15) is 4.79 Å². The zero-order valence-corrected chi connectivity index (χ0v) is 15.7. The first kappa shape index (κ1) is 19.0. The van der Waals surface area contributed by atoms with E-state index < -0.39 is 0 Å². The molecule has 134 valence electrons. The van der Waals surface area contributed by atoms with Crippen molar-refractivity contribution in [2.24, 2.45) is 11.3 Å². The standard InChI is InChI=1S/C18H27ClN2O3/c1-5-23-14-9-8-13(19)15(21-14)17(22)20-11-12-7-6-10-24-16(12)18(2,3)4/h8-9,12,16H,5-7,10-11H2,1-4H3,(H,20,22). The monoisotopic (exact) mass is 354 g/mol. The summed E-state index contributed by atoms with van der Waals surface area (Å²) in [7, 11) is 0. The number of halogens is 1. The second kappa shape index (κ2) is 8.17. The molecule has 2 rings (SSSR count). The number of hydrogen-bond acceptors (Lipinski definition) is 4. The van der Waals surface area contributed by atoms with Crippen LogP contribution in [0.15, 0.2) is 12.1 Å². The summed E-state index contributed by atoms with van der Waals surface area (Å²) in [6.07, 6.45) is 2.19. The molecule has 0 saturated carbocycles. The zero-order chi connectivity index (χ0) is 17.7. The van der Waals surface area contributed by atoms with Gasteiger partial charge < -0.3 is 14.8 Å². The molecule has 2 heterocycles. The van der Waals surface area contributed by atoms with Crippen molar-refractivity contribution >= 4 is 17.5 Å². The van der Waals surface area contributed by atoms with Gasteiger partial charge in [0.2, 0.25) is 5.88 Å². The number of amides is 1. The van der Waals surface area contributed by atoms with Gasteiger partial charge in [0.15, 0.2) is 5.69 Å². The molecule has 1 amide bonds. The number of nitrogens with one attached hydrogen (secondary N) is 1. The highest BCUT2D eigenvalue weighted by Crippen LogP contribution is 2.33. The van der Waals surface area contributed by atoms with E-state index in [0.717, 1.165) is 19.4 Å². The molecule has 1 saturated heterocycles. The second-order valence-corrected chi connectivity index (χ2v) is 7.59. The van der Waals surface area contributed by atoms with Crippen LogP contribution >= 0.6 is 11.6 Å². The van der Waals surface area contributed by atoms with E-state index in [4.69, 9.17) is 21.1 Å². The van der Waals surface area contributed by atoms with Gasteiger partial charge >= 0.3 is 0 Å². The van der Waals surface area contributed by atoms with E-state index >= 15 is 0 Å². The molecule has 0 aromatic carbocycles. The number of nitrogens with zero attached hydrogens (tertiary/aromatic N) is 1. The smallest absolute Gasteiger partial charge is 0.271 e. The lowest BCUT2D eigenvalue weighted by Gasteiger charge is -2.40. The molecule has 1 aromatic rings. The van der Waals surface area contributed by atoms with Gasteiger partial charge in [-0.05, 0) is 31.2 Å². The fourth-order valence-electron chi connectivity index (χ4n) is 3.13. The van der Waals surface area contributed by atoms with Crippen molar-refractivity contribution < 1.29 is 14.3 Å². The van der Waals surface area contributed by atoms with Crippen molar-refractivity contribution in [2.45, 2.75) is 46.6 Å². The van der Waals surface area contributed by atoms with Gasteiger partial charge in [-0.25, -0.2) is 4.98 Å². The molecule has 0 bridgehead atoms. The second-order valence-electron chi connectivity index (χ2n) is 7.18. The predicted molar refractivity (Wildman–Crippen MR) is 94.7 cm³/mol. The number of carbonyl (C=O) groups is 1. The first-order chi connectivity index (χ1) is 11.3. The van der Waals surface area contributed by atoms with E-state index in [1.54, 1.807) is 12.1 Å². The van der Waals surface area contributed by atoms with Gasteiger partial charge in [-0.15, -0.1) is 0 Å². The Morgan fingerprint density at radius 3 is 2.88 bits per heavy atom. The minimum absolute atomic E-state index is 0.0423. The third-order valence-electron chi connectivity index (χ3n) is 4.15. The Labute approximate surface area is 149 Å². The van der Waals surface area contributed by atoms with E-state index in [-0.39, 0.29) is 29.0 Å². The van der Waals surface area contributed by atoms with Gasteiger partial charge in [-0.2, -0.15) is 0 Å². The first-order valence-electron chi connectivity index (χ1n) is 8.52. The van der Waals surface area contributed by atoms with Crippen LogP contribution in [0.1, 0.15) is 51.0 Å². The quantitative estimate of drug-likeness (QED) is 0.875. The summed E-state index contributed by atoms with van der Waals surface area (Å²) in [6.45, 7) is 10.2. The van der Waals surface area contributed by atoms with Crippen molar-refractivity contribution in [3.05, 3.63) is 22.8 Å². The lowest BCUT2D eigenvalue weighted by molar-refractivity contribution is -0.0839. The maximum absolute atomic E-state index is 12.5. The summed E-state index contributed by atoms with van der Waals surface area (Å²) >= 11 is 6.11. The highest BCUT2D eigenvalue weighted by molar-refractivity contribution is 6.33. The minimum Gasteiger partial charge on any atom is -0.478 e. The molecule has 6 heteroatoms. The Hall–Kier alpha value is -1.33. The SMILES string of the molecule is CCOc1ccc(Cl)c(C(=O)NCC2CCCOC2C(C)(C)C)n1. The van der Waals surface area contributed by atoms with Crippen LogP contribution < -0.4 is 10.1 Å². The van der Waals surface area contributed by atoms with Crippen LogP contribution in [0.4, 0.5) is 0 Å². The molecule has 1 aliphatic heterocycles. The lowest BCUT2D eigenvalue weighted by Crippen LogP contribution is -2.45. The maximum atomic E-state index is 12.5. The van der Waals surface area contributed by atoms with Crippen molar-refractivity contribution in [1.29, 1.82) is 0 Å². The molecule has 2 unspecified atom stereocenters. The van der Waals surface area contributed by atoms with Gasteiger partial charge in [0.25, 0.3) is 5.91 Å². The summed E-state index contributed by atoms with van der Waals surface area (Å²) in [6, 6.07) is 3.30. The van der Waals surface area contributed by atoms with Gasteiger partial charge in [0, 0.05) is 25.1 Å². The lowest BCUT2D eigenvalue weighted by atomic mass is 9.78. The van der Waals surface area contributed by atoms with Crippen molar-refractivity contribution in [3.63, 3.8) is 0 Å². The Morgan fingerprint density at radius 2 is 2.21 bits per heavy atom. The average Bonchev–Trinajstić information content (AvgIpc) is 2.54. The molecule has 0 radical (unpaired) electrons. The van der Waals surface area contributed by atoms with E-state index in [1.165, 1.54) is 0 Å². The summed E-state index contributed by atoms with van der Waals surface area (Å²) in [5.41, 5.74) is 0.243. The summed E-state index contributed by atoms with van der Waals surface area (Å²) in [4.78, 5) is 16.7. The topological polar surface area (TPSA) is 60.5 Å². The molecule has 1 N–H and O–H groups in total. The molecule has 0 spiro atoms. The van der Waals surface area contributed by atoms with Crippen molar-refractivity contribution in [3.8, 4) is 5.88 Å². The van der Waals surface area contributed by atoms with E-state index in [0.29, 0.717) is 24.1 Å². The normalized spacial score (nSPS) is 21.4. The van der Waals surface area contributed by atoms with Crippen molar-refractivity contribution in [1.82, 2.24) is 10.3 Å². The molecule has 5 nitrogen and oxygen atoms in total. The molecule has 2 atom stereocenters. The first-order valence-corrected chi connectivity index (χ1v) is 8.90. The van der Waals surface area contributed by atoms with Crippen LogP contribution in [-0.2, 0) is 4.74 Å². The summed E-state index contributed by atoms with van der Waals surface area (Å²) in [5.74, 6) is 0.414. The fraction of sp³-hybridized carbons (Fsp3) is 0.667. The highest BCUT2D eigenvalue weighted by atomic mass is 35.5. The van der Waals surface area contributed by atoms with E-state index in [1.807, 2.05) is 6.92 Å². The molecule has 1 aromatic heterocycles. The third-order valence-corrected chi connectivity index (χ3v) is 4.46. The predicted octanol–water partition coefficient (Wildman–Crippen LogP) is 3.70. The van der Waals surface area contributed by atoms with Crippen LogP contribution in [0.2, 0.25) is 5.02 Å². The van der Waals surface area contributed by atoms with Crippen LogP contribution in [0.3, 0.4) is 0 Å². The van der Waals surface area contributed by atoms with Gasteiger partial charge in [-0.1, -0.05) is 32.4 Å². The summed E-state index contributed by atoms with van der Waals surface area (Å²) < 4.78 is 11.3. The number of hydrogen-bond donors (Lipinski definition) is 1. The van der Waals surface area contributed by atoms with Crippen LogP contribution in [0.25, 0.3) is 0 Å². The maximum Gasteiger partial charge on any atom is 0.271 e. The number of carbonyl (C=O) groups excluding carboxylic acids is 1. The number of rotatable bonds is 5. The molecular weight excluding hydrogens is 328 g/mol. The van der Waals surface area contributed by atoms with Crippen LogP contribution in [0, 0.1) is 11.3 Å². The van der Waals surface area contributed by atoms with Crippen molar-refractivity contribution in [2.75, 3.05) is 19.8 Å². The third kappa shape index (κ3) is 4.84. The van der Waals surface area contributed by atoms with E-state index in [2.05, 4.69) is 31.1 Å². The van der Waals surface area contributed by atoms with Crippen LogP contribution in [0.5, 0.6) is 5.88 Å². The highest BCUT2D eigenvalue weighted by Gasteiger charge is 2.35. The number of aromatic nitrogens is 1. The Kier molecular flexibility index (Phi) is 6.47. The largest absolute Gasteiger partial charge is 0.478 e. The minimum atomic E-state index is -0.278. The van der Waals surface area contributed by atoms with Gasteiger partial charge in [0.1, 0.15) is 0 Å². The molecule has 24 heavy (non-hydrogen) atoms. The average molecular weight is 355 g/mol. The fourth-order valence-corrected chi connectivity index (χ4v) is 3.32. The van der Waals surface area contributed by atoms with Gasteiger partial charge in [0.05, 0.1) is 17.7 Å². The Balaban J connectivity index is 2.03. The Bertz CT molecular complexity index is 572. The Morgan fingerprint density at radius 1 is 1.46 bits per heavy atom.